The molecule has 1 atom stereocenters. The van der Waals surface area contributed by atoms with Crippen LogP contribution in [0.25, 0.3) is 0 Å². The highest BCUT2D eigenvalue weighted by atomic mass is 31.2. The van der Waals surface area contributed by atoms with Gasteiger partial charge in [-0.25, -0.2) is 0 Å². The Balaban J connectivity index is 2.07. The summed E-state index contributed by atoms with van der Waals surface area (Å²) in [7, 11) is -1.87. The van der Waals surface area contributed by atoms with Crippen molar-refractivity contribution in [3.63, 3.8) is 0 Å². The highest BCUT2D eigenvalue weighted by Gasteiger charge is 2.50. The van der Waals surface area contributed by atoms with Crippen molar-refractivity contribution in [3.8, 4) is 0 Å². The molecular weight excluding hydrogens is 343 g/mol. The summed E-state index contributed by atoms with van der Waals surface area (Å²) in [6.45, 7) is 2.40. The Kier molecular flexibility index (Phi) is 5.19. The molecule has 0 spiro atoms. The van der Waals surface area contributed by atoms with E-state index in [-0.39, 0.29) is 0 Å². The third kappa shape index (κ3) is 3.22. The predicted octanol–water partition coefficient (Wildman–Crippen LogP) is 5.74. The molecular formula is C26H24P+. The predicted molar refractivity (Wildman–Crippen MR) is 120 cm³/mol. The Morgan fingerprint density at radius 2 is 0.741 bits per heavy atom. The molecule has 4 aromatic carbocycles. The molecule has 0 heterocycles. The summed E-state index contributed by atoms with van der Waals surface area (Å²) in [6, 6.07) is 44.2. The first-order valence-corrected chi connectivity index (χ1v) is 11.3. The quantitative estimate of drug-likeness (QED) is 0.395. The molecule has 0 saturated heterocycles. The first-order valence-electron chi connectivity index (χ1n) is 9.44. The fourth-order valence-electron chi connectivity index (χ4n) is 4.06. The van der Waals surface area contributed by atoms with Crippen molar-refractivity contribution in [1.82, 2.24) is 0 Å². The Morgan fingerprint density at radius 1 is 0.444 bits per heavy atom. The molecule has 4 rings (SSSR count). The third-order valence-corrected chi connectivity index (χ3v) is 10.2. The lowest BCUT2D eigenvalue weighted by Gasteiger charge is -2.33. The molecule has 0 aliphatic heterocycles. The van der Waals surface area contributed by atoms with Crippen LogP contribution in [0.15, 0.2) is 121 Å². The van der Waals surface area contributed by atoms with Crippen molar-refractivity contribution in [1.29, 1.82) is 0 Å². The zero-order valence-corrected chi connectivity index (χ0v) is 16.5. The van der Waals surface area contributed by atoms with Gasteiger partial charge in [-0.2, -0.15) is 0 Å². The maximum absolute atomic E-state index is 2.40. The Morgan fingerprint density at radius 3 is 1.07 bits per heavy atom. The number of hydrogen-bond acceptors (Lipinski definition) is 0. The second-order valence-corrected chi connectivity index (χ2v) is 10.6. The Hall–Kier alpha value is -2.69. The topological polar surface area (TPSA) is 0 Å². The highest BCUT2D eigenvalue weighted by molar-refractivity contribution is 7.95. The van der Waals surface area contributed by atoms with Gasteiger partial charge in [-0.3, -0.25) is 0 Å². The van der Waals surface area contributed by atoms with Gasteiger partial charge in [0.25, 0.3) is 0 Å². The van der Waals surface area contributed by atoms with Gasteiger partial charge in [-0.1, -0.05) is 84.9 Å². The largest absolute Gasteiger partial charge is 0.119 e. The summed E-state index contributed by atoms with van der Waals surface area (Å²) in [5.74, 6) is 0. The van der Waals surface area contributed by atoms with E-state index in [9.17, 15) is 0 Å². The normalized spacial score (nSPS) is 12.5. The Bertz CT molecular complexity index is 867. The van der Waals surface area contributed by atoms with Gasteiger partial charge in [0.2, 0.25) is 0 Å². The van der Waals surface area contributed by atoms with Crippen molar-refractivity contribution in [3.05, 3.63) is 127 Å². The van der Waals surface area contributed by atoms with Crippen molar-refractivity contribution < 1.29 is 0 Å². The van der Waals surface area contributed by atoms with E-state index in [0.717, 1.165) is 0 Å². The zero-order chi connectivity index (χ0) is 18.5. The average molecular weight is 367 g/mol. The molecule has 0 radical (unpaired) electrons. The minimum absolute atomic E-state index is 0.380. The SMILES string of the molecule is C[C@H](c1ccccc1)[P+](c1ccccc1)(c1ccccc1)c1ccccc1. The fraction of sp³-hybridized carbons (Fsp3) is 0.0769. The lowest BCUT2D eigenvalue weighted by atomic mass is 10.2. The molecule has 4 aromatic rings. The average Bonchev–Trinajstić information content (AvgIpc) is 2.77. The molecule has 1 heteroatoms. The molecule has 0 aliphatic carbocycles. The summed E-state index contributed by atoms with van der Waals surface area (Å²) in [5.41, 5.74) is 1.77. The standard InChI is InChI=1S/C26H24P/c1-22(23-14-6-2-7-15-23)27(24-16-8-3-9-17-24,25-18-10-4-11-19-25)26-20-12-5-13-21-26/h2-22H,1H3/q+1/t22-/m1/s1. The molecule has 0 N–H and O–H groups in total. The molecule has 0 amide bonds. The minimum atomic E-state index is -1.87. The molecule has 0 fully saturated rings. The molecule has 0 bridgehead atoms. The molecule has 0 aromatic heterocycles. The number of hydrogen-bond donors (Lipinski definition) is 0. The van der Waals surface area contributed by atoms with Crippen LogP contribution in [0.2, 0.25) is 0 Å². The lowest BCUT2D eigenvalue weighted by Crippen LogP contribution is -2.34. The summed E-state index contributed by atoms with van der Waals surface area (Å²) >= 11 is 0. The van der Waals surface area contributed by atoms with Crippen molar-refractivity contribution in [2.24, 2.45) is 0 Å². The summed E-state index contributed by atoms with van der Waals surface area (Å²) in [6.07, 6.45) is 0. The van der Waals surface area contributed by atoms with Gasteiger partial charge in [0.1, 0.15) is 28.8 Å². The highest BCUT2D eigenvalue weighted by Crippen LogP contribution is 2.66. The van der Waals surface area contributed by atoms with Crippen LogP contribution in [0.1, 0.15) is 18.1 Å². The maximum Gasteiger partial charge on any atom is 0.119 e. The minimum Gasteiger partial charge on any atom is -0.0622 e. The van der Waals surface area contributed by atoms with Crippen LogP contribution in [0, 0.1) is 0 Å². The third-order valence-electron chi connectivity index (χ3n) is 5.35. The molecule has 0 saturated carbocycles. The lowest BCUT2D eigenvalue weighted by molar-refractivity contribution is 1.08. The first-order chi connectivity index (χ1) is 13.3. The molecule has 0 nitrogen and oxygen atoms in total. The zero-order valence-electron chi connectivity index (χ0n) is 15.6. The summed E-state index contributed by atoms with van der Waals surface area (Å²) in [4.78, 5) is 0. The second-order valence-electron chi connectivity index (χ2n) is 6.82. The van der Waals surface area contributed by atoms with Gasteiger partial charge >= 0.3 is 0 Å². The van der Waals surface area contributed by atoms with Crippen molar-refractivity contribution in [2.45, 2.75) is 12.6 Å². The molecule has 132 valence electrons. The molecule has 27 heavy (non-hydrogen) atoms. The van der Waals surface area contributed by atoms with E-state index in [1.54, 1.807) is 0 Å². The van der Waals surface area contributed by atoms with Crippen LogP contribution in [-0.4, -0.2) is 0 Å². The summed E-state index contributed by atoms with van der Waals surface area (Å²) < 4.78 is 0. The fourth-order valence-corrected chi connectivity index (χ4v) is 8.85. The van der Waals surface area contributed by atoms with E-state index in [1.807, 2.05) is 0 Å². The van der Waals surface area contributed by atoms with E-state index in [0.29, 0.717) is 5.66 Å². The van der Waals surface area contributed by atoms with Crippen LogP contribution in [-0.2, 0) is 0 Å². The number of benzene rings is 4. The smallest absolute Gasteiger partial charge is 0.0622 e. The van der Waals surface area contributed by atoms with Gasteiger partial charge in [0, 0.05) is 0 Å². The van der Waals surface area contributed by atoms with Crippen LogP contribution in [0.4, 0.5) is 0 Å². The van der Waals surface area contributed by atoms with Crippen LogP contribution >= 0.6 is 7.26 Å². The number of rotatable bonds is 5. The van der Waals surface area contributed by atoms with Gasteiger partial charge in [0.05, 0.1) is 0 Å². The van der Waals surface area contributed by atoms with E-state index in [2.05, 4.69) is 128 Å². The maximum atomic E-state index is 2.40. The van der Waals surface area contributed by atoms with Gasteiger partial charge in [-0.05, 0) is 48.9 Å². The molecule has 0 unspecified atom stereocenters. The van der Waals surface area contributed by atoms with Crippen LogP contribution in [0.5, 0.6) is 0 Å². The van der Waals surface area contributed by atoms with Gasteiger partial charge in [0.15, 0.2) is 0 Å². The Labute approximate surface area is 162 Å². The van der Waals surface area contributed by atoms with Crippen LogP contribution in [0.3, 0.4) is 0 Å². The second kappa shape index (κ2) is 7.91. The van der Waals surface area contributed by atoms with Crippen LogP contribution < -0.4 is 15.9 Å². The first kappa shape index (κ1) is 17.7. The van der Waals surface area contributed by atoms with E-state index in [4.69, 9.17) is 0 Å². The van der Waals surface area contributed by atoms with Crippen molar-refractivity contribution >= 4 is 23.2 Å². The van der Waals surface area contributed by atoms with Gasteiger partial charge < -0.3 is 0 Å². The van der Waals surface area contributed by atoms with E-state index >= 15 is 0 Å². The van der Waals surface area contributed by atoms with E-state index < -0.39 is 7.26 Å². The summed E-state index contributed by atoms with van der Waals surface area (Å²) in [5, 5.41) is 4.29. The molecule has 0 aliphatic rings. The van der Waals surface area contributed by atoms with Crippen molar-refractivity contribution in [2.75, 3.05) is 0 Å². The van der Waals surface area contributed by atoms with E-state index in [1.165, 1.54) is 21.5 Å². The monoisotopic (exact) mass is 367 g/mol. The van der Waals surface area contributed by atoms with Gasteiger partial charge in [-0.15, -0.1) is 0 Å².